The third kappa shape index (κ3) is 4.70. The van der Waals surface area contributed by atoms with E-state index >= 15 is 0 Å². The average molecular weight is 455 g/mol. The Hall–Kier alpha value is -2.33. The van der Waals surface area contributed by atoms with Crippen molar-refractivity contribution in [2.75, 3.05) is 27.4 Å². The van der Waals surface area contributed by atoms with Crippen molar-refractivity contribution < 1.29 is 27.5 Å². The molecule has 2 aromatic carbocycles. The van der Waals surface area contributed by atoms with E-state index < -0.39 is 15.9 Å². The van der Waals surface area contributed by atoms with Gasteiger partial charge in [-0.1, -0.05) is 22.1 Å². The minimum atomic E-state index is -4.00. The summed E-state index contributed by atoms with van der Waals surface area (Å²) in [7, 11) is -1.54. The molecule has 1 heterocycles. The van der Waals surface area contributed by atoms with Gasteiger partial charge in [-0.25, -0.2) is 8.42 Å². The quantitative estimate of drug-likeness (QED) is 0.674. The van der Waals surface area contributed by atoms with Crippen LogP contribution in [0.25, 0.3) is 0 Å². The summed E-state index contributed by atoms with van der Waals surface area (Å²) in [4.78, 5) is 17.3. The number of ether oxygens (including phenoxy) is 2. The molecule has 1 unspecified atom stereocenters. The lowest BCUT2D eigenvalue weighted by atomic mass is 10.1. The normalized spacial score (nSPS) is 14.8. The van der Waals surface area contributed by atoms with Crippen LogP contribution in [0.2, 0.25) is 5.02 Å². The van der Waals surface area contributed by atoms with Crippen molar-refractivity contribution in [2.45, 2.75) is 24.3 Å². The van der Waals surface area contributed by atoms with Crippen LogP contribution in [0.1, 0.15) is 35.3 Å². The molecular weight excluding hydrogens is 432 g/mol. The molecule has 8 nitrogen and oxygen atoms in total. The molecule has 0 saturated carbocycles. The molecule has 0 bridgehead atoms. The van der Waals surface area contributed by atoms with Crippen molar-refractivity contribution in [1.29, 1.82) is 0 Å². The topological polar surface area (TPSA) is 94.2 Å². The van der Waals surface area contributed by atoms with Crippen molar-refractivity contribution >= 4 is 27.5 Å². The first kappa shape index (κ1) is 22.4. The highest BCUT2D eigenvalue weighted by atomic mass is 35.5. The van der Waals surface area contributed by atoms with Crippen LogP contribution < -0.4 is 14.8 Å². The van der Waals surface area contributed by atoms with Gasteiger partial charge >= 0.3 is 0 Å². The first-order valence-corrected chi connectivity index (χ1v) is 11.1. The zero-order chi connectivity index (χ0) is 21.9. The van der Waals surface area contributed by atoms with E-state index in [0.717, 1.165) is 12.0 Å². The molecule has 10 heteroatoms. The lowest BCUT2D eigenvalue weighted by molar-refractivity contribution is -0.0258. The number of benzene rings is 2. The lowest BCUT2D eigenvalue weighted by Crippen LogP contribution is -2.28. The molecule has 1 aliphatic heterocycles. The third-order valence-corrected chi connectivity index (χ3v) is 6.85. The highest BCUT2D eigenvalue weighted by Gasteiger charge is 2.25. The van der Waals surface area contributed by atoms with Gasteiger partial charge in [0.1, 0.15) is 4.90 Å². The van der Waals surface area contributed by atoms with E-state index in [1.807, 2.05) is 25.1 Å². The van der Waals surface area contributed by atoms with Crippen LogP contribution >= 0.6 is 11.6 Å². The number of amides is 1. The van der Waals surface area contributed by atoms with Gasteiger partial charge in [0.15, 0.2) is 11.5 Å². The fraction of sp³-hybridized carbons (Fsp3) is 0.350. The monoisotopic (exact) mass is 454 g/mol. The summed E-state index contributed by atoms with van der Waals surface area (Å²) < 4.78 is 37.0. The molecule has 0 saturated heterocycles. The molecule has 0 fully saturated rings. The number of sulfonamides is 1. The largest absolute Gasteiger partial charge is 0.490 e. The van der Waals surface area contributed by atoms with E-state index in [4.69, 9.17) is 25.9 Å². The summed E-state index contributed by atoms with van der Waals surface area (Å²) in [6, 6.07) is 9.19. The zero-order valence-corrected chi connectivity index (χ0v) is 18.4. The molecule has 0 aromatic heterocycles. The first-order chi connectivity index (χ1) is 14.2. The van der Waals surface area contributed by atoms with Gasteiger partial charge in [0, 0.05) is 19.0 Å². The molecule has 30 heavy (non-hydrogen) atoms. The van der Waals surface area contributed by atoms with Gasteiger partial charge in [-0.15, -0.1) is 0 Å². The number of hydrogen-bond acceptors (Lipinski definition) is 6. The number of rotatable bonds is 6. The number of halogens is 1. The van der Waals surface area contributed by atoms with Crippen molar-refractivity contribution in [3.8, 4) is 11.5 Å². The van der Waals surface area contributed by atoms with Crippen molar-refractivity contribution in [2.24, 2.45) is 0 Å². The Morgan fingerprint density at radius 3 is 2.57 bits per heavy atom. The fourth-order valence-corrected chi connectivity index (χ4v) is 4.37. The van der Waals surface area contributed by atoms with Gasteiger partial charge in [0.25, 0.3) is 15.9 Å². The molecule has 162 valence electrons. The highest BCUT2D eigenvalue weighted by Crippen LogP contribution is 2.32. The van der Waals surface area contributed by atoms with Gasteiger partial charge in [-0.3, -0.25) is 9.63 Å². The van der Waals surface area contributed by atoms with E-state index in [2.05, 4.69) is 5.32 Å². The Balaban J connectivity index is 1.81. The van der Waals surface area contributed by atoms with E-state index in [-0.39, 0.29) is 21.5 Å². The molecule has 1 aliphatic rings. The van der Waals surface area contributed by atoms with Crippen LogP contribution in [0.15, 0.2) is 41.3 Å². The number of nitrogens with one attached hydrogen (secondary N) is 1. The van der Waals surface area contributed by atoms with Crippen LogP contribution in [0, 0.1) is 0 Å². The summed E-state index contributed by atoms with van der Waals surface area (Å²) in [5.41, 5.74) is 0.984. The van der Waals surface area contributed by atoms with Crippen molar-refractivity contribution in [3.63, 3.8) is 0 Å². The maximum Gasteiger partial charge on any atom is 0.266 e. The summed E-state index contributed by atoms with van der Waals surface area (Å²) in [5, 5.41) is 2.85. The Morgan fingerprint density at radius 1 is 1.17 bits per heavy atom. The van der Waals surface area contributed by atoms with Crippen molar-refractivity contribution in [3.05, 3.63) is 52.5 Å². The van der Waals surface area contributed by atoms with Gasteiger partial charge in [0.05, 0.1) is 31.4 Å². The molecule has 0 aliphatic carbocycles. The maximum atomic E-state index is 12.8. The molecule has 0 spiro atoms. The van der Waals surface area contributed by atoms with Gasteiger partial charge in [-0.05, 0) is 42.8 Å². The SMILES string of the molecule is CON(C)S(=O)(=O)c1cc(C(=O)NC(C)c2ccc3c(c2)OCCCO3)ccc1Cl. The second-order valence-electron chi connectivity index (χ2n) is 6.69. The summed E-state index contributed by atoms with van der Waals surface area (Å²) in [6.45, 7) is 2.98. The first-order valence-electron chi connectivity index (χ1n) is 9.27. The van der Waals surface area contributed by atoms with Gasteiger partial charge in [0.2, 0.25) is 0 Å². The summed E-state index contributed by atoms with van der Waals surface area (Å²) in [6.07, 6.45) is 0.802. The Kier molecular flexibility index (Phi) is 6.87. The average Bonchev–Trinajstić information content (AvgIpc) is 2.97. The maximum absolute atomic E-state index is 12.8. The smallest absolute Gasteiger partial charge is 0.266 e. The molecule has 0 radical (unpaired) electrons. The summed E-state index contributed by atoms with van der Waals surface area (Å²) >= 11 is 6.05. The third-order valence-electron chi connectivity index (χ3n) is 4.69. The van der Waals surface area contributed by atoms with Crippen LogP contribution in [0.5, 0.6) is 11.5 Å². The van der Waals surface area contributed by atoms with Gasteiger partial charge < -0.3 is 14.8 Å². The lowest BCUT2D eigenvalue weighted by Gasteiger charge is -2.18. The number of hydrogen-bond donors (Lipinski definition) is 1. The molecule has 3 rings (SSSR count). The standard InChI is InChI=1S/C20H23ClN2O6S/c1-13(14-6-8-17-18(11-14)29-10-4-9-28-17)22-20(24)15-5-7-16(21)19(12-15)30(25,26)23(2)27-3/h5-8,11-13H,4,9-10H2,1-3H3,(H,22,24). The second-order valence-corrected chi connectivity index (χ2v) is 9.01. The minimum absolute atomic E-state index is 0.00796. The fourth-order valence-electron chi connectivity index (χ4n) is 2.89. The van der Waals surface area contributed by atoms with Crippen LogP contribution in [-0.4, -0.2) is 46.2 Å². The molecule has 1 amide bonds. The molecule has 1 N–H and O–H groups in total. The number of nitrogens with zero attached hydrogens (tertiary/aromatic N) is 1. The number of fused-ring (bicyclic) bond motifs is 1. The molecular formula is C20H23ClN2O6S. The van der Waals surface area contributed by atoms with Crippen molar-refractivity contribution in [1.82, 2.24) is 9.79 Å². The predicted octanol–water partition coefficient (Wildman–Crippen LogP) is 3.17. The van der Waals surface area contributed by atoms with E-state index in [1.54, 1.807) is 0 Å². The zero-order valence-electron chi connectivity index (χ0n) is 16.8. The van der Waals surface area contributed by atoms with Gasteiger partial charge in [-0.2, -0.15) is 0 Å². The van der Waals surface area contributed by atoms with Crippen LogP contribution in [0.3, 0.4) is 0 Å². The number of carbonyl (C=O) groups is 1. The number of carbonyl (C=O) groups excluding carboxylic acids is 1. The van der Waals surface area contributed by atoms with E-state index in [9.17, 15) is 13.2 Å². The predicted molar refractivity (Wildman–Crippen MR) is 111 cm³/mol. The minimum Gasteiger partial charge on any atom is -0.490 e. The Bertz CT molecular complexity index is 1040. The van der Waals surface area contributed by atoms with E-state index in [1.165, 1.54) is 32.4 Å². The molecule has 1 atom stereocenters. The summed E-state index contributed by atoms with van der Waals surface area (Å²) in [5.74, 6) is 0.862. The molecule has 2 aromatic rings. The van der Waals surface area contributed by atoms with E-state index in [0.29, 0.717) is 29.2 Å². The van der Waals surface area contributed by atoms with Crippen LogP contribution in [0.4, 0.5) is 0 Å². The van der Waals surface area contributed by atoms with Crippen LogP contribution in [-0.2, 0) is 14.9 Å². The highest BCUT2D eigenvalue weighted by molar-refractivity contribution is 7.89. The second kappa shape index (κ2) is 9.22. The Morgan fingerprint density at radius 2 is 1.87 bits per heavy atom. The number of hydroxylamine groups is 1. The Labute approximate surface area is 180 Å².